The summed E-state index contributed by atoms with van der Waals surface area (Å²) in [6, 6.07) is 3.45. The number of hydrogen-bond acceptors (Lipinski definition) is 3. The maximum Gasteiger partial charge on any atom is 0.336 e. The van der Waals surface area contributed by atoms with Crippen molar-refractivity contribution in [3.63, 3.8) is 0 Å². The van der Waals surface area contributed by atoms with Gasteiger partial charge in [-0.15, -0.1) is 0 Å². The number of carboxylic acid groups (broad SMARTS) is 1. The summed E-state index contributed by atoms with van der Waals surface area (Å²) in [5, 5.41) is 13.6. The molecule has 0 aliphatic carbocycles. The highest BCUT2D eigenvalue weighted by atomic mass is 16.4. The average Bonchev–Trinajstić information content (AvgIpc) is 2.76. The third-order valence-corrected chi connectivity index (χ3v) is 2.81. The SMILES string of the molecule is Cc1cnn(C(C)(C(=O)O)c2cccnc2)c1. The Morgan fingerprint density at radius 2 is 2.24 bits per heavy atom. The zero-order chi connectivity index (χ0) is 12.5. The van der Waals surface area contributed by atoms with Crippen LogP contribution in [0.25, 0.3) is 0 Å². The molecule has 1 unspecified atom stereocenters. The number of carbonyl (C=O) groups is 1. The summed E-state index contributed by atoms with van der Waals surface area (Å²) < 4.78 is 1.45. The number of rotatable bonds is 3. The van der Waals surface area contributed by atoms with E-state index in [0.29, 0.717) is 5.56 Å². The van der Waals surface area contributed by atoms with Gasteiger partial charge in [0.05, 0.1) is 6.20 Å². The van der Waals surface area contributed by atoms with Crippen molar-refractivity contribution in [1.82, 2.24) is 14.8 Å². The van der Waals surface area contributed by atoms with Crippen molar-refractivity contribution in [2.45, 2.75) is 19.4 Å². The lowest BCUT2D eigenvalue weighted by Crippen LogP contribution is -2.40. The topological polar surface area (TPSA) is 68.0 Å². The normalized spacial score (nSPS) is 14.2. The quantitative estimate of drug-likeness (QED) is 0.867. The lowest BCUT2D eigenvalue weighted by molar-refractivity contribution is -0.144. The van der Waals surface area contributed by atoms with Crippen LogP contribution in [0.2, 0.25) is 0 Å². The Bertz CT molecular complexity index is 536. The van der Waals surface area contributed by atoms with Gasteiger partial charge < -0.3 is 5.11 Å². The van der Waals surface area contributed by atoms with Crippen LogP contribution < -0.4 is 0 Å². The second-order valence-corrected chi connectivity index (χ2v) is 4.08. The smallest absolute Gasteiger partial charge is 0.336 e. The van der Waals surface area contributed by atoms with E-state index in [1.165, 1.54) is 4.68 Å². The van der Waals surface area contributed by atoms with Gasteiger partial charge in [0.15, 0.2) is 5.54 Å². The number of hydrogen-bond donors (Lipinski definition) is 1. The van der Waals surface area contributed by atoms with Crippen molar-refractivity contribution in [2.24, 2.45) is 0 Å². The van der Waals surface area contributed by atoms with Gasteiger partial charge in [-0.2, -0.15) is 5.10 Å². The van der Waals surface area contributed by atoms with Crippen LogP contribution in [0.15, 0.2) is 36.9 Å². The molecule has 5 heteroatoms. The number of nitrogens with zero attached hydrogens (tertiary/aromatic N) is 3. The van der Waals surface area contributed by atoms with Crippen molar-refractivity contribution >= 4 is 5.97 Å². The second-order valence-electron chi connectivity index (χ2n) is 4.08. The van der Waals surface area contributed by atoms with Crippen LogP contribution in [0, 0.1) is 6.92 Å². The largest absolute Gasteiger partial charge is 0.479 e. The molecule has 0 bridgehead atoms. The van der Waals surface area contributed by atoms with Gasteiger partial charge in [0.25, 0.3) is 0 Å². The zero-order valence-electron chi connectivity index (χ0n) is 9.66. The lowest BCUT2D eigenvalue weighted by atomic mass is 9.94. The molecule has 0 aliphatic heterocycles. The Morgan fingerprint density at radius 3 is 2.71 bits per heavy atom. The van der Waals surface area contributed by atoms with E-state index in [1.54, 1.807) is 43.8 Å². The molecule has 0 aromatic carbocycles. The summed E-state index contributed by atoms with van der Waals surface area (Å²) in [7, 11) is 0. The minimum absolute atomic E-state index is 0.593. The first-order valence-corrected chi connectivity index (χ1v) is 5.21. The predicted octanol–water partition coefficient (Wildman–Crippen LogP) is 1.43. The summed E-state index contributed by atoms with van der Waals surface area (Å²) in [6.07, 6.45) is 6.50. The number of aryl methyl sites for hydroxylation is 1. The molecule has 2 aromatic rings. The van der Waals surface area contributed by atoms with Crippen molar-refractivity contribution < 1.29 is 9.90 Å². The molecule has 2 heterocycles. The van der Waals surface area contributed by atoms with E-state index in [9.17, 15) is 9.90 Å². The van der Waals surface area contributed by atoms with Crippen LogP contribution in [-0.2, 0) is 10.3 Å². The van der Waals surface area contributed by atoms with Gasteiger partial charge in [-0.05, 0) is 25.5 Å². The van der Waals surface area contributed by atoms with Gasteiger partial charge in [0, 0.05) is 24.2 Å². The van der Waals surface area contributed by atoms with Crippen LogP contribution in [-0.4, -0.2) is 25.8 Å². The van der Waals surface area contributed by atoms with Gasteiger partial charge in [-0.1, -0.05) is 6.07 Å². The molecule has 5 nitrogen and oxygen atoms in total. The Labute approximate surface area is 98.7 Å². The Balaban J connectivity index is 2.58. The summed E-state index contributed by atoms with van der Waals surface area (Å²) in [5.41, 5.74) is 0.277. The third kappa shape index (κ3) is 1.80. The van der Waals surface area contributed by atoms with E-state index < -0.39 is 11.5 Å². The molecule has 2 rings (SSSR count). The summed E-state index contributed by atoms with van der Waals surface area (Å²) in [6.45, 7) is 3.48. The average molecular weight is 231 g/mol. The first-order valence-electron chi connectivity index (χ1n) is 5.21. The monoisotopic (exact) mass is 231 g/mol. The fraction of sp³-hybridized carbons (Fsp3) is 0.250. The molecule has 17 heavy (non-hydrogen) atoms. The molecule has 0 fully saturated rings. The first kappa shape index (κ1) is 11.3. The van der Waals surface area contributed by atoms with Crippen LogP contribution >= 0.6 is 0 Å². The standard InChI is InChI=1S/C12H13N3O2/c1-9-6-14-15(8-9)12(2,11(16)17)10-4-3-5-13-7-10/h3-8H,1-2H3,(H,16,17). The summed E-state index contributed by atoms with van der Waals surface area (Å²) in [4.78, 5) is 15.5. The maximum atomic E-state index is 11.5. The fourth-order valence-corrected chi connectivity index (χ4v) is 1.66. The van der Waals surface area contributed by atoms with Crippen LogP contribution in [0.5, 0.6) is 0 Å². The van der Waals surface area contributed by atoms with Gasteiger partial charge in [0.2, 0.25) is 0 Å². The predicted molar refractivity (Wildman–Crippen MR) is 61.6 cm³/mol. The maximum absolute atomic E-state index is 11.5. The minimum atomic E-state index is -1.23. The first-order chi connectivity index (χ1) is 8.05. The van der Waals surface area contributed by atoms with Crippen LogP contribution in [0.1, 0.15) is 18.1 Å². The third-order valence-electron chi connectivity index (χ3n) is 2.81. The Kier molecular flexibility index (Phi) is 2.67. The summed E-state index contributed by atoms with van der Waals surface area (Å²) >= 11 is 0. The molecule has 0 radical (unpaired) electrons. The molecule has 0 spiro atoms. The minimum Gasteiger partial charge on any atom is -0.479 e. The molecule has 0 saturated carbocycles. The molecule has 0 saturated heterocycles. The molecule has 1 N–H and O–H groups in total. The molecule has 1 atom stereocenters. The van der Waals surface area contributed by atoms with Gasteiger partial charge in [-0.3, -0.25) is 9.67 Å². The lowest BCUT2D eigenvalue weighted by Gasteiger charge is -2.25. The van der Waals surface area contributed by atoms with Gasteiger partial charge in [-0.25, -0.2) is 4.79 Å². The molecule has 0 aliphatic rings. The van der Waals surface area contributed by atoms with Crippen molar-refractivity contribution in [3.8, 4) is 0 Å². The van der Waals surface area contributed by atoms with Gasteiger partial charge >= 0.3 is 5.97 Å². The molecular formula is C12H13N3O2. The molecule has 0 amide bonds. The fourth-order valence-electron chi connectivity index (χ4n) is 1.66. The Morgan fingerprint density at radius 1 is 1.47 bits per heavy atom. The Hall–Kier alpha value is -2.17. The highest BCUT2D eigenvalue weighted by molar-refractivity contribution is 5.80. The zero-order valence-corrected chi connectivity index (χ0v) is 9.66. The highest BCUT2D eigenvalue weighted by Crippen LogP contribution is 2.25. The molecular weight excluding hydrogens is 218 g/mol. The summed E-state index contributed by atoms with van der Waals surface area (Å²) in [5.74, 6) is -0.964. The van der Waals surface area contributed by atoms with E-state index in [0.717, 1.165) is 5.56 Å². The van der Waals surface area contributed by atoms with E-state index in [4.69, 9.17) is 0 Å². The number of aliphatic carboxylic acids is 1. The highest BCUT2D eigenvalue weighted by Gasteiger charge is 2.38. The second kappa shape index (κ2) is 4.01. The molecule has 88 valence electrons. The van der Waals surface area contributed by atoms with E-state index in [1.807, 2.05) is 6.92 Å². The molecule has 2 aromatic heterocycles. The van der Waals surface area contributed by atoms with Crippen molar-refractivity contribution in [3.05, 3.63) is 48.0 Å². The number of pyridine rings is 1. The number of carboxylic acids is 1. The van der Waals surface area contributed by atoms with Crippen molar-refractivity contribution in [2.75, 3.05) is 0 Å². The van der Waals surface area contributed by atoms with Crippen LogP contribution in [0.3, 0.4) is 0 Å². The van der Waals surface area contributed by atoms with E-state index in [-0.39, 0.29) is 0 Å². The van der Waals surface area contributed by atoms with E-state index >= 15 is 0 Å². The number of aromatic nitrogens is 3. The van der Waals surface area contributed by atoms with Crippen molar-refractivity contribution in [1.29, 1.82) is 0 Å². The van der Waals surface area contributed by atoms with Gasteiger partial charge in [0.1, 0.15) is 0 Å². The van der Waals surface area contributed by atoms with Crippen LogP contribution in [0.4, 0.5) is 0 Å². The van der Waals surface area contributed by atoms with E-state index in [2.05, 4.69) is 10.1 Å².